The van der Waals surface area contributed by atoms with Gasteiger partial charge in [-0.2, -0.15) is 9.49 Å². The molecule has 2 rings (SSSR count). The van der Waals surface area contributed by atoms with E-state index in [-0.39, 0.29) is 11.5 Å². The average Bonchev–Trinajstić information content (AvgIpc) is 2.75. The zero-order chi connectivity index (χ0) is 12.4. The number of benzene rings is 1. The minimum Gasteiger partial charge on any atom is -0.494 e. The first-order valence-electron chi connectivity index (χ1n) is 4.88. The molecule has 0 aliphatic carbocycles. The van der Waals surface area contributed by atoms with Crippen molar-refractivity contribution >= 4 is 5.82 Å². The Morgan fingerprint density at radius 2 is 2.00 bits per heavy atom. The van der Waals surface area contributed by atoms with Crippen LogP contribution in [0.25, 0.3) is 11.1 Å². The summed E-state index contributed by atoms with van der Waals surface area (Å²) in [5.41, 5.74) is 6.80. The molecule has 17 heavy (non-hydrogen) atoms. The SMILES string of the molecule is COc1ccc(-c2cn[nH]c2N)c(OC)c1F. The monoisotopic (exact) mass is 237 g/mol. The lowest BCUT2D eigenvalue weighted by Crippen LogP contribution is -1.97. The van der Waals surface area contributed by atoms with Crippen LogP contribution in [0, 0.1) is 5.82 Å². The third kappa shape index (κ3) is 1.77. The molecule has 0 amide bonds. The van der Waals surface area contributed by atoms with Crippen LogP contribution in [0.3, 0.4) is 0 Å². The Morgan fingerprint density at radius 1 is 1.24 bits per heavy atom. The molecule has 3 N–H and O–H groups in total. The van der Waals surface area contributed by atoms with E-state index < -0.39 is 5.82 Å². The van der Waals surface area contributed by atoms with Gasteiger partial charge in [-0.1, -0.05) is 0 Å². The van der Waals surface area contributed by atoms with Crippen molar-refractivity contribution in [2.45, 2.75) is 0 Å². The van der Waals surface area contributed by atoms with Crippen molar-refractivity contribution in [3.63, 3.8) is 0 Å². The predicted octanol–water partition coefficient (Wildman–Crippen LogP) is 1.82. The number of aromatic nitrogens is 2. The fraction of sp³-hybridized carbons (Fsp3) is 0.182. The number of ether oxygens (including phenoxy) is 2. The van der Waals surface area contributed by atoms with Crippen LogP contribution in [-0.2, 0) is 0 Å². The number of halogens is 1. The Hall–Kier alpha value is -2.24. The molecule has 0 saturated heterocycles. The van der Waals surface area contributed by atoms with E-state index in [2.05, 4.69) is 10.2 Å². The molecule has 90 valence electrons. The van der Waals surface area contributed by atoms with Crippen LogP contribution >= 0.6 is 0 Å². The molecule has 5 nitrogen and oxygen atoms in total. The Morgan fingerprint density at radius 3 is 2.53 bits per heavy atom. The summed E-state index contributed by atoms with van der Waals surface area (Å²) in [4.78, 5) is 0. The summed E-state index contributed by atoms with van der Waals surface area (Å²) < 4.78 is 23.9. The van der Waals surface area contributed by atoms with Crippen LogP contribution in [-0.4, -0.2) is 24.4 Å². The highest BCUT2D eigenvalue weighted by atomic mass is 19.1. The lowest BCUT2D eigenvalue weighted by Gasteiger charge is -2.11. The summed E-state index contributed by atoms with van der Waals surface area (Å²) in [6, 6.07) is 3.18. The van der Waals surface area contributed by atoms with E-state index in [9.17, 15) is 4.39 Å². The number of H-pyrrole nitrogens is 1. The molecule has 0 unspecified atom stereocenters. The van der Waals surface area contributed by atoms with Gasteiger partial charge in [0.05, 0.1) is 20.4 Å². The van der Waals surface area contributed by atoms with Gasteiger partial charge in [0.1, 0.15) is 5.82 Å². The van der Waals surface area contributed by atoms with Crippen molar-refractivity contribution < 1.29 is 13.9 Å². The maximum Gasteiger partial charge on any atom is 0.207 e. The van der Waals surface area contributed by atoms with E-state index >= 15 is 0 Å². The highest BCUT2D eigenvalue weighted by Gasteiger charge is 2.18. The molecule has 0 fully saturated rings. The fourth-order valence-electron chi connectivity index (χ4n) is 1.62. The standard InChI is InChI=1S/C11H12FN3O2/c1-16-8-4-3-6(10(17-2)9(8)12)7-5-14-15-11(7)13/h3-5H,1-2H3,(H3,13,14,15). The highest BCUT2D eigenvalue weighted by Crippen LogP contribution is 2.38. The number of nitrogen functional groups attached to an aromatic ring is 1. The molecule has 0 spiro atoms. The van der Waals surface area contributed by atoms with Gasteiger partial charge >= 0.3 is 0 Å². The number of hydrogen-bond acceptors (Lipinski definition) is 4. The van der Waals surface area contributed by atoms with Gasteiger partial charge in [0, 0.05) is 11.1 Å². The van der Waals surface area contributed by atoms with Crippen molar-refractivity contribution in [1.29, 1.82) is 0 Å². The zero-order valence-corrected chi connectivity index (χ0v) is 9.45. The second-order valence-electron chi connectivity index (χ2n) is 3.36. The van der Waals surface area contributed by atoms with Gasteiger partial charge in [0.25, 0.3) is 0 Å². The Labute approximate surface area is 97.3 Å². The molecule has 0 radical (unpaired) electrons. The van der Waals surface area contributed by atoms with E-state index in [1.54, 1.807) is 6.07 Å². The number of hydrogen-bond donors (Lipinski definition) is 2. The molecule has 2 aromatic rings. The first-order chi connectivity index (χ1) is 8.19. The van der Waals surface area contributed by atoms with Gasteiger partial charge in [0.2, 0.25) is 5.82 Å². The average molecular weight is 237 g/mol. The maximum atomic E-state index is 13.9. The van der Waals surface area contributed by atoms with Crippen molar-refractivity contribution in [2.24, 2.45) is 0 Å². The van der Waals surface area contributed by atoms with Crippen molar-refractivity contribution in [3.05, 3.63) is 24.1 Å². The quantitative estimate of drug-likeness (QED) is 0.853. The lowest BCUT2D eigenvalue weighted by molar-refractivity contribution is 0.351. The molecule has 6 heteroatoms. The smallest absolute Gasteiger partial charge is 0.207 e. The summed E-state index contributed by atoms with van der Waals surface area (Å²) >= 11 is 0. The van der Waals surface area contributed by atoms with Crippen LogP contribution in [0.4, 0.5) is 10.2 Å². The molecule has 0 bridgehead atoms. The van der Waals surface area contributed by atoms with Crippen molar-refractivity contribution in [1.82, 2.24) is 10.2 Å². The molecule has 0 aliphatic rings. The highest BCUT2D eigenvalue weighted by molar-refractivity contribution is 5.78. The van der Waals surface area contributed by atoms with Crippen LogP contribution in [0.1, 0.15) is 0 Å². The summed E-state index contributed by atoms with van der Waals surface area (Å²) in [6.45, 7) is 0. The van der Waals surface area contributed by atoms with Gasteiger partial charge in [-0.3, -0.25) is 5.10 Å². The number of nitrogens with one attached hydrogen (secondary N) is 1. The van der Waals surface area contributed by atoms with Gasteiger partial charge in [-0.25, -0.2) is 0 Å². The third-order valence-electron chi connectivity index (χ3n) is 2.44. The number of aromatic amines is 1. The Kier molecular flexibility index (Phi) is 2.86. The van der Waals surface area contributed by atoms with Crippen LogP contribution in [0.15, 0.2) is 18.3 Å². The minimum absolute atomic E-state index is 0.0810. The molecule has 1 heterocycles. The van der Waals surface area contributed by atoms with Gasteiger partial charge < -0.3 is 15.2 Å². The number of methoxy groups -OCH3 is 2. The third-order valence-corrected chi connectivity index (χ3v) is 2.44. The summed E-state index contributed by atoms with van der Waals surface area (Å²) in [7, 11) is 2.78. The van der Waals surface area contributed by atoms with Crippen LogP contribution < -0.4 is 15.2 Å². The molecule has 0 atom stereocenters. The van der Waals surface area contributed by atoms with Crippen molar-refractivity contribution in [2.75, 3.05) is 20.0 Å². The summed E-state index contributed by atoms with van der Waals surface area (Å²) in [6.07, 6.45) is 1.51. The normalized spacial score (nSPS) is 10.3. The van der Waals surface area contributed by atoms with E-state index in [1.807, 2.05) is 0 Å². The molecule has 1 aromatic heterocycles. The number of rotatable bonds is 3. The van der Waals surface area contributed by atoms with Crippen LogP contribution in [0.2, 0.25) is 0 Å². The second-order valence-corrected chi connectivity index (χ2v) is 3.36. The lowest BCUT2D eigenvalue weighted by atomic mass is 10.1. The van der Waals surface area contributed by atoms with Gasteiger partial charge in [0.15, 0.2) is 11.5 Å². The number of nitrogens with two attached hydrogens (primary N) is 1. The summed E-state index contributed by atoms with van der Waals surface area (Å²) in [5, 5.41) is 6.37. The maximum absolute atomic E-state index is 13.9. The number of anilines is 1. The van der Waals surface area contributed by atoms with Crippen molar-refractivity contribution in [3.8, 4) is 22.6 Å². The predicted molar refractivity (Wildman–Crippen MR) is 61.5 cm³/mol. The van der Waals surface area contributed by atoms with E-state index in [0.717, 1.165) is 0 Å². The number of nitrogens with zero attached hydrogens (tertiary/aromatic N) is 1. The molecule has 1 aromatic carbocycles. The van der Waals surface area contributed by atoms with Crippen LogP contribution in [0.5, 0.6) is 11.5 Å². The minimum atomic E-state index is -0.562. The summed E-state index contributed by atoms with van der Waals surface area (Å²) in [5.74, 6) is -0.00826. The van der Waals surface area contributed by atoms with E-state index in [1.165, 1.54) is 26.5 Å². The largest absolute Gasteiger partial charge is 0.494 e. The Balaban J connectivity index is 2.63. The second kappa shape index (κ2) is 4.32. The first kappa shape index (κ1) is 11.3. The Bertz CT molecular complexity index is 540. The topological polar surface area (TPSA) is 73.2 Å². The van der Waals surface area contributed by atoms with E-state index in [0.29, 0.717) is 16.9 Å². The van der Waals surface area contributed by atoms with Gasteiger partial charge in [-0.15, -0.1) is 0 Å². The van der Waals surface area contributed by atoms with E-state index in [4.69, 9.17) is 15.2 Å². The molecular weight excluding hydrogens is 225 g/mol. The molecule has 0 saturated carbocycles. The first-order valence-corrected chi connectivity index (χ1v) is 4.88. The fourth-order valence-corrected chi connectivity index (χ4v) is 1.62. The molecule has 0 aliphatic heterocycles. The van der Waals surface area contributed by atoms with Gasteiger partial charge in [-0.05, 0) is 12.1 Å². The zero-order valence-electron chi connectivity index (χ0n) is 9.45. The molecular formula is C11H12FN3O2.